The minimum Gasteiger partial charge on any atom is -0.480 e. The van der Waals surface area contributed by atoms with E-state index in [-0.39, 0.29) is 19.3 Å². The molecule has 39 heavy (non-hydrogen) atoms. The molecule has 0 fully saturated rings. The molecule has 8 N–H and O–H groups in total. The van der Waals surface area contributed by atoms with Gasteiger partial charge in [0.25, 0.3) is 0 Å². The lowest BCUT2D eigenvalue weighted by Crippen LogP contribution is -2.58. The molecular formula is C27H35N5O6S. The van der Waals surface area contributed by atoms with Crippen LogP contribution in [0.25, 0.3) is 0 Å². The molecule has 2 rings (SSSR count). The Morgan fingerprint density at radius 3 is 1.77 bits per heavy atom. The lowest BCUT2D eigenvalue weighted by molar-refractivity contribution is -0.142. The Balaban J connectivity index is 2.19. The highest BCUT2D eigenvalue weighted by molar-refractivity contribution is 7.98. The minimum atomic E-state index is -1.39. The number of hydrogen-bond donors (Lipinski definition) is 6. The summed E-state index contributed by atoms with van der Waals surface area (Å²) in [5.74, 6) is -3.77. The van der Waals surface area contributed by atoms with Gasteiger partial charge in [-0.25, -0.2) is 4.79 Å². The van der Waals surface area contributed by atoms with Crippen LogP contribution < -0.4 is 27.4 Å². The number of nitrogens with two attached hydrogens (primary N) is 2. The summed E-state index contributed by atoms with van der Waals surface area (Å²) in [4.78, 5) is 62.5. The first kappa shape index (κ1) is 31.3. The molecule has 0 bridgehead atoms. The van der Waals surface area contributed by atoms with Crippen LogP contribution in [0, 0.1) is 0 Å². The van der Waals surface area contributed by atoms with Crippen LogP contribution in [0.5, 0.6) is 0 Å². The van der Waals surface area contributed by atoms with E-state index in [1.807, 2.05) is 12.3 Å². The van der Waals surface area contributed by atoms with Gasteiger partial charge in [0.05, 0.1) is 12.5 Å². The van der Waals surface area contributed by atoms with Gasteiger partial charge in [-0.05, 0) is 36.0 Å². The average Bonchev–Trinajstić information content (AvgIpc) is 2.90. The fraction of sp³-hybridized carbons (Fsp3) is 0.370. The number of carboxylic acid groups (broad SMARTS) is 1. The normalized spacial score (nSPS) is 13.8. The third-order valence-electron chi connectivity index (χ3n) is 5.81. The van der Waals surface area contributed by atoms with Crippen LogP contribution in [0.3, 0.4) is 0 Å². The first-order valence-corrected chi connectivity index (χ1v) is 13.7. The molecule has 4 amide bonds. The number of hydrogen-bond acceptors (Lipinski definition) is 7. The van der Waals surface area contributed by atoms with Crippen molar-refractivity contribution in [3.63, 3.8) is 0 Å². The lowest BCUT2D eigenvalue weighted by Gasteiger charge is -2.25. The van der Waals surface area contributed by atoms with Crippen molar-refractivity contribution in [3.8, 4) is 0 Å². The molecular weight excluding hydrogens is 522 g/mol. The summed E-state index contributed by atoms with van der Waals surface area (Å²) in [5.41, 5.74) is 12.9. The van der Waals surface area contributed by atoms with Crippen LogP contribution in [0.15, 0.2) is 60.7 Å². The van der Waals surface area contributed by atoms with Gasteiger partial charge in [-0.3, -0.25) is 19.2 Å². The van der Waals surface area contributed by atoms with Gasteiger partial charge in [-0.1, -0.05) is 60.7 Å². The number of benzene rings is 2. The quantitative estimate of drug-likeness (QED) is 0.165. The number of thioether (sulfide) groups is 1. The smallest absolute Gasteiger partial charge is 0.326 e. The predicted molar refractivity (Wildman–Crippen MR) is 149 cm³/mol. The van der Waals surface area contributed by atoms with Gasteiger partial charge < -0.3 is 32.5 Å². The van der Waals surface area contributed by atoms with Crippen molar-refractivity contribution in [1.82, 2.24) is 16.0 Å². The second-order valence-electron chi connectivity index (χ2n) is 8.96. The first-order chi connectivity index (χ1) is 18.6. The summed E-state index contributed by atoms with van der Waals surface area (Å²) in [6.45, 7) is 0. The Hall–Kier alpha value is -3.90. The van der Waals surface area contributed by atoms with E-state index in [9.17, 15) is 29.1 Å². The molecule has 0 radical (unpaired) electrons. The number of carbonyl (C=O) groups is 5. The van der Waals surface area contributed by atoms with E-state index >= 15 is 0 Å². The number of rotatable bonds is 16. The van der Waals surface area contributed by atoms with Crippen molar-refractivity contribution in [3.05, 3.63) is 71.8 Å². The second kappa shape index (κ2) is 16.1. The van der Waals surface area contributed by atoms with Crippen LogP contribution in [0.1, 0.15) is 24.0 Å². The third-order valence-corrected chi connectivity index (χ3v) is 6.46. The van der Waals surface area contributed by atoms with Gasteiger partial charge >= 0.3 is 5.97 Å². The van der Waals surface area contributed by atoms with Crippen molar-refractivity contribution >= 4 is 41.4 Å². The third kappa shape index (κ3) is 11.2. The number of carbonyl (C=O) groups excluding carboxylic acids is 4. The Morgan fingerprint density at radius 1 is 0.769 bits per heavy atom. The van der Waals surface area contributed by atoms with Gasteiger partial charge in [-0.15, -0.1) is 0 Å². The van der Waals surface area contributed by atoms with Crippen LogP contribution in [-0.2, 0) is 36.8 Å². The van der Waals surface area contributed by atoms with Crippen LogP contribution in [0.4, 0.5) is 0 Å². The zero-order valence-corrected chi connectivity index (χ0v) is 22.5. The maximum Gasteiger partial charge on any atom is 0.326 e. The van der Waals surface area contributed by atoms with Crippen molar-refractivity contribution in [2.24, 2.45) is 11.5 Å². The lowest BCUT2D eigenvalue weighted by atomic mass is 10.0. The van der Waals surface area contributed by atoms with Crippen LogP contribution in [0.2, 0.25) is 0 Å². The Morgan fingerprint density at radius 2 is 1.26 bits per heavy atom. The molecule has 4 unspecified atom stereocenters. The van der Waals surface area contributed by atoms with Crippen molar-refractivity contribution in [1.29, 1.82) is 0 Å². The van der Waals surface area contributed by atoms with E-state index in [4.69, 9.17) is 11.5 Å². The largest absolute Gasteiger partial charge is 0.480 e. The molecule has 0 spiro atoms. The molecule has 0 aliphatic heterocycles. The molecule has 0 saturated carbocycles. The molecule has 0 saturated heterocycles. The topological polar surface area (TPSA) is 194 Å². The van der Waals surface area contributed by atoms with E-state index in [0.717, 1.165) is 5.56 Å². The molecule has 4 atom stereocenters. The SMILES string of the molecule is CSCCC(NC(=O)C(Cc1ccccc1)NC(=O)C(CC(N)=O)NC(=O)C(N)Cc1ccccc1)C(=O)O. The zero-order chi connectivity index (χ0) is 28.8. The molecule has 2 aromatic rings. The summed E-state index contributed by atoms with van der Waals surface area (Å²) < 4.78 is 0. The molecule has 0 aliphatic rings. The number of primary amides is 1. The summed E-state index contributed by atoms with van der Waals surface area (Å²) in [6, 6.07) is 13.1. The highest BCUT2D eigenvalue weighted by Crippen LogP contribution is 2.08. The molecule has 2 aromatic carbocycles. The van der Waals surface area contributed by atoms with Crippen molar-refractivity contribution < 1.29 is 29.1 Å². The minimum absolute atomic E-state index is 0.0397. The van der Waals surface area contributed by atoms with E-state index in [1.54, 1.807) is 54.6 Å². The fourth-order valence-electron chi connectivity index (χ4n) is 3.75. The Kier molecular flexibility index (Phi) is 13.0. The number of aliphatic carboxylic acids is 1. The molecule has 0 aromatic heterocycles. The summed E-state index contributed by atoms with van der Waals surface area (Å²) in [7, 11) is 0. The van der Waals surface area contributed by atoms with E-state index in [1.165, 1.54) is 11.8 Å². The number of carboxylic acids is 1. The number of nitrogens with one attached hydrogen (secondary N) is 3. The number of amides is 4. The summed E-state index contributed by atoms with van der Waals surface area (Å²) in [6.07, 6.45) is 1.72. The first-order valence-electron chi connectivity index (χ1n) is 12.3. The fourth-order valence-corrected chi connectivity index (χ4v) is 4.22. The molecule has 12 heteroatoms. The average molecular weight is 558 g/mol. The van der Waals surface area contributed by atoms with Gasteiger partial charge in [-0.2, -0.15) is 11.8 Å². The summed E-state index contributed by atoms with van der Waals surface area (Å²) >= 11 is 1.44. The van der Waals surface area contributed by atoms with Crippen molar-refractivity contribution in [2.75, 3.05) is 12.0 Å². The maximum absolute atomic E-state index is 13.2. The molecule has 11 nitrogen and oxygen atoms in total. The Bertz CT molecular complexity index is 1120. The monoisotopic (exact) mass is 557 g/mol. The van der Waals surface area contributed by atoms with E-state index < -0.39 is 60.2 Å². The summed E-state index contributed by atoms with van der Waals surface area (Å²) in [5, 5.41) is 17.0. The van der Waals surface area contributed by atoms with E-state index in [2.05, 4.69) is 16.0 Å². The highest BCUT2D eigenvalue weighted by atomic mass is 32.2. The maximum atomic E-state index is 13.2. The zero-order valence-electron chi connectivity index (χ0n) is 21.7. The highest BCUT2D eigenvalue weighted by Gasteiger charge is 2.31. The van der Waals surface area contributed by atoms with Gasteiger partial charge in [0.15, 0.2) is 0 Å². The van der Waals surface area contributed by atoms with Crippen LogP contribution in [-0.4, -0.2) is 70.9 Å². The van der Waals surface area contributed by atoms with Gasteiger partial charge in [0.1, 0.15) is 18.1 Å². The standard InChI is InChI=1S/C27H35N5O6S/c1-39-13-12-20(27(37)38)30-25(35)21(15-18-10-6-3-7-11-18)32-26(36)22(16-23(29)33)31-24(34)19(28)14-17-8-4-2-5-9-17/h2-11,19-22H,12-16,28H2,1H3,(H2,29,33)(H,30,35)(H,31,34)(H,32,36)(H,37,38). The Labute approximate surface area is 231 Å². The predicted octanol–water partition coefficient (Wildman–Crippen LogP) is -0.0334. The second-order valence-corrected chi connectivity index (χ2v) is 9.95. The molecule has 210 valence electrons. The van der Waals surface area contributed by atoms with Gasteiger partial charge in [0, 0.05) is 6.42 Å². The van der Waals surface area contributed by atoms with Crippen LogP contribution >= 0.6 is 11.8 Å². The molecule has 0 aliphatic carbocycles. The van der Waals surface area contributed by atoms with E-state index in [0.29, 0.717) is 11.3 Å². The molecule has 0 heterocycles. The van der Waals surface area contributed by atoms with Gasteiger partial charge in [0.2, 0.25) is 23.6 Å². The van der Waals surface area contributed by atoms with Crippen molar-refractivity contribution in [2.45, 2.75) is 49.9 Å².